The van der Waals surface area contributed by atoms with Crippen molar-refractivity contribution in [2.75, 3.05) is 14.1 Å². The molecule has 0 saturated carbocycles. The van der Waals surface area contributed by atoms with E-state index < -0.39 is 0 Å². The van der Waals surface area contributed by atoms with E-state index >= 15 is 0 Å². The van der Waals surface area contributed by atoms with Gasteiger partial charge >= 0.3 is 0 Å². The molecule has 0 aliphatic carbocycles. The first-order chi connectivity index (χ1) is 7.50. The SMILES string of the molecule is CCC(C)(C(O)CCc1ccsc1)N(C)C. The van der Waals surface area contributed by atoms with Crippen molar-refractivity contribution in [1.29, 1.82) is 0 Å². The fourth-order valence-electron chi connectivity index (χ4n) is 1.90. The van der Waals surface area contributed by atoms with Gasteiger partial charge in [-0.05, 0) is 62.7 Å². The molecule has 0 spiro atoms. The Morgan fingerprint density at radius 1 is 1.50 bits per heavy atom. The van der Waals surface area contributed by atoms with Gasteiger partial charge in [0, 0.05) is 5.54 Å². The van der Waals surface area contributed by atoms with Gasteiger partial charge in [0.1, 0.15) is 0 Å². The van der Waals surface area contributed by atoms with Crippen molar-refractivity contribution in [3.63, 3.8) is 0 Å². The largest absolute Gasteiger partial charge is 0.391 e. The van der Waals surface area contributed by atoms with Crippen molar-refractivity contribution < 1.29 is 5.11 Å². The number of hydrogen-bond acceptors (Lipinski definition) is 3. The molecule has 1 heterocycles. The Morgan fingerprint density at radius 2 is 2.19 bits per heavy atom. The van der Waals surface area contributed by atoms with Crippen molar-refractivity contribution in [2.45, 2.75) is 44.8 Å². The van der Waals surface area contributed by atoms with E-state index in [0.29, 0.717) is 0 Å². The first-order valence-corrected chi connectivity index (χ1v) is 6.81. The molecule has 2 nitrogen and oxygen atoms in total. The van der Waals surface area contributed by atoms with Crippen molar-refractivity contribution in [1.82, 2.24) is 4.90 Å². The quantitative estimate of drug-likeness (QED) is 0.828. The van der Waals surface area contributed by atoms with Crippen LogP contribution in [0, 0.1) is 0 Å². The first kappa shape index (κ1) is 13.7. The van der Waals surface area contributed by atoms with Gasteiger partial charge in [-0.25, -0.2) is 0 Å². The molecular weight excluding hydrogens is 218 g/mol. The number of aryl methyl sites for hydroxylation is 1. The Balaban J connectivity index is 2.53. The first-order valence-electron chi connectivity index (χ1n) is 5.87. The van der Waals surface area contributed by atoms with Crippen LogP contribution in [0.2, 0.25) is 0 Å². The predicted molar refractivity (Wildman–Crippen MR) is 71.0 cm³/mol. The topological polar surface area (TPSA) is 23.5 Å². The molecule has 0 aliphatic heterocycles. The summed E-state index contributed by atoms with van der Waals surface area (Å²) in [7, 11) is 4.08. The van der Waals surface area contributed by atoms with Crippen LogP contribution in [0.25, 0.3) is 0 Å². The molecule has 1 N–H and O–H groups in total. The van der Waals surface area contributed by atoms with Gasteiger partial charge < -0.3 is 10.0 Å². The lowest BCUT2D eigenvalue weighted by atomic mass is 9.87. The molecule has 0 aliphatic rings. The Bertz CT molecular complexity index is 297. The van der Waals surface area contributed by atoms with E-state index in [-0.39, 0.29) is 11.6 Å². The second kappa shape index (κ2) is 5.80. The van der Waals surface area contributed by atoms with Crippen molar-refractivity contribution in [3.05, 3.63) is 22.4 Å². The molecule has 1 aromatic rings. The number of hydrogen-bond donors (Lipinski definition) is 1. The highest BCUT2D eigenvalue weighted by atomic mass is 32.1. The van der Waals surface area contributed by atoms with Gasteiger partial charge in [0.15, 0.2) is 0 Å². The van der Waals surface area contributed by atoms with Crippen molar-refractivity contribution in [3.8, 4) is 0 Å². The van der Waals surface area contributed by atoms with Gasteiger partial charge in [0.2, 0.25) is 0 Å². The summed E-state index contributed by atoms with van der Waals surface area (Å²) in [4.78, 5) is 2.13. The summed E-state index contributed by atoms with van der Waals surface area (Å²) in [5.41, 5.74) is 1.22. The van der Waals surface area contributed by atoms with Crippen LogP contribution in [0.1, 0.15) is 32.3 Å². The Labute approximate surface area is 103 Å². The van der Waals surface area contributed by atoms with Gasteiger partial charge in [0.25, 0.3) is 0 Å². The maximum absolute atomic E-state index is 10.3. The molecule has 0 radical (unpaired) electrons. The molecule has 2 atom stereocenters. The number of likely N-dealkylation sites (N-methyl/N-ethyl adjacent to an activating group) is 1. The average molecular weight is 241 g/mol. The van der Waals surface area contributed by atoms with Gasteiger partial charge in [-0.1, -0.05) is 6.92 Å². The van der Waals surface area contributed by atoms with E-state index in [9.17, 15) is 5.11 Å². The molecule has 1 rings (SSSR count). The fraction of sp³-hybridized carbons (Fsp3) is 0.692. The lowest BCUT2D eigenvalue weighted by molar-refractivity contribution is -0.00214. The molecule has 3 heteroatoms. The van der Waals surface area contributed by atoms with Crippen LogP contribution in [-0.4, -0.2) is 35.7 Å². The van der Waals surface area contributed by atoms with Gasteiger partial charge in [-0.2, -0.15) is 11.3 Å². The van der Waals surface area contributed by atoms with Gasteiger partial charge in [0.05, 0.1) is 6.10 Å². The molecular formula is C13H23NOS. The van der Waals surface area contributed by atoms with Crippen LogP contribution in [0.4, 0.5) is 0 Å². The maximum Gasteiger partial charge on any atom is 0.0724 e. The van der Waals surface area contributed by atoms with Crippen molar-refractivity contribution >= 4 is 11.3 Å². The molecule has 0 bridgehead atoms. The number of aliphatic hydroxyl groups excluding tert-OH is 1. The minimum Gasteiger partial charge on any atom is -0.391 e. The third kappa shape index (κ3) is 3.06. The lowest BCUT2D eigenvalue weighted by Crippen LogP contribution is -2.50. The molecule has 1 aromatic heterocycles. The summed E-state index contributed by atoms with van der Waals surface area (Å²) in [5.74, 6) is 0. The van der Waals surface area contributed by atoms with Gasteiger partial charge in [-0.15, -0.1) is 0 Å². The second-order valence-corrected chi connectivity index (χ2v) is 5.57. The van der Waals surface area contributed by atoms with Crippen molar-refractivity contribution in [2.24, 2.45) is 0 Å². The molecule has 0 amide bonds. The summed E-state index contributed by atoms with van der Waals surface area (Å²) >= 11 is 1.72. The van der Waals surface area contributed by atoms with E-state index in [1.807, 2.05) is 14.1 Å². The molecule has 0 aromatic carbocycles. The zero-order valence-electron chi connectivity index (χ0n) is 10.7. The van der Waals surface area contributed by atoms with Gasteiger partial charge in [-0.3, -0.25) is 0 Å². The smallest absolute Gasteiger partial charge is 0.0724 e. The third-order valence-corrected chi connectivity index (χ3v) is 4.47. The Kier molecular flexibility index (Phi) is 4.96. The van der Waals surface area contributed by atoms with Crippen LogP contribution >= 0.6 is 11.3 Å². The molecule has 2 unspecified atom stereocenters. The molecule has 92 valence electrons. The zero-order chi connectivity index (χ0) is 12.2. The van der Waals surface area contributed by atoms with Crippen LogP contribution < -0.4 is 0 Å². The highest BCUT2D eigenvalue weighted by Gasteiger charge is 2.32. The summed E-state index contributed by atoms with van der Waals surface area (Å²) in [6.07, 6.45) is 2.49. The summed E-state index contributed by atoms with van der Waals surface area (Å²) in [6, 6.07) is 2.14. The minimum atomic E-state index is -0.271. The molecule has 0 fully saturated rings. The zero-order valence-corrected chi connectivity index (χ0v) is 11.5. The third-order valence-electron chi connectivity index (χ3n) is 3.74. The number of thiophene rings is 1. The van der Waals surface area contributed by atoms with E-state index in [1.165, 1.54) is 5.56 Å². The summed E-state index contributed by atoms with van der Waals surface area (Å²) in [5, 5.41) is 14.5. The lowest BCUT2D eigenvalue weighted by Gasteiger charge is -2.40. The standard InChI is InChI=1S/C13H23NOS/c1-5-13(2,14(3)4)12(15)7-6-11-8-9-16-10-11/h8-10,12,15H,5-7H2,1-4H3. The number of nitrogens with zero attached hydrogens (tertiary/aromatic N) is 1. The highest BCUT2D eigenvalue weighted by Crippen LogP contribution is 2.24. The second-order valence-electron chi connectivity index (χ2n) is 4.79. The Hall–Kier alpha value is -0.380. The predicted octanol–water partition coefficient (Wildman–Crippen LogP) is 2.77. The van der Waals surface area contributed by atoms with Crippen LogP contribution in [0.3, 0.4) is 0 Å². The highest BCUT2D eigenvalue weighted by molar-refractivity contribution is 7.07. The molecule has 16 heavy (non-hydrogen) atoms. The van der Waals surface area contributed by atoms with E-state index in [1.54, 1.807) is 11.3 Å². The normalized spacial score (nSPS) is 17.4. The van der Waals surface area contributed by atoms with E-state index in [4.69, 9.17) is 0 Å². The molecule has 0 saturated heterocycles. The summed E-state index contributed by atoms with van der Waals surface area (Å²) in [6.45, 7) is 4.26. The maximum atomic E-state index is 10.3. The Morgan fingerprint density at radius 3 is 2.62 bits per heavy atom. The van der Waals surface area contributed by atoms with E-state index in [2.05, 4.69) is 35.6 Å². The monoisotopic (exact) mass is 241 g/mol. The van der Waals surface area contributed by atoms with Crippen LogP contribution in [-0.2, 0) is 6.42 Å². The van der Waals surface area contributed by atoms with E-state index in [0.717, 1.165) is 19.3 Å². The van der Waals surface area contributed by atoms with Crippen LogP contribution in [0.5, 0.6) is 0 Å². The average Bonchev–Trinajstić information content (AvgIpc) is 2.77. The van der Waals surface area contributed by atoms with Crippen LogP contribution in [0.15, 0.2) is 16.8 Å². The minimum absolute atomic E-state index is 0.115. The number of aliphatic hydroxyl groups is 1. The summed E-state index contributed by atoms with van der Waals surface area (Å²) < 4.78 is 0. The number of rotatable bonds is 6. The fourth-order valence-corrected chi connectivity index (χ4v) is 2.60.